The third-order valence-corrected chi connectivity index (χ3v) is 4.61. The van der Waals surface area contributed by atoms with Crippen molar-refractivity contribution in [1.29, 1.82) is 0 Å². The van der Waals surface area contributed by atoms with Gasteiger partial charge in [0.15, 0.2) is 0 Å². The molecule has 1 heterocycles. The monoisotopic (exact) mass is 391 g/mol. The van der Waals surface area contributed by atoms with Crippen molar-refractivity contribution in [2.24, 2.45) is 0 Å². The number of hydrogen-bond donors (Lipinski definition) is 2. The quantitative estimate of drug-likeness (QED) is 0.601. The van der Waals surface area contributed by atoms with E-state index < -0.39 is 0 Å². The van der Waals surface area contributed by atoms with E-state index in [-0.39, 0.29) is 18.0 Å². The Morgan fingerprint density at radius 2 is 1.85 bits per heavy atom. The smallest absolute Gasteiger partial charge is 0.267 e. The van der Waals surface area contributed by atoms with Crippen LogP contribution in [-0.2, 0) is 11.3 Å². The summed E-state index contributed by atoms with van der Waals surface area (Å²) in [7, 11) is 2.17. The van der Waals surface area contributed by atoms with Gasteiger partial charge in [0.1, 0.15) is 6.54 Å². The van der Waals surface area contributed by atoms with Gasteiger partial charge in [0.2, 0.25) is 5.91 Å². The fraction of sp³-hybridized carbons (Fsp3) is 0.450. The number of carbonyl (C=O) groups is 1. The topological polar surface area (TPSA) is 68.4 Å². The molecule has 146 valence electrons. The first-order valence-electron chi connectivity index (χ1n) is 9.41. The highest BCUT2D eigenvalue weighted by molar-refractivity contribution is 6.30. The zero-order valence-corrected chi connectivity index (χ0v) is 16.8. The number of aromatic nitrogens is 2. The predicted octanol–water partition coefficient (Wildman–Crippen LogP) is 1.38. The van der Waals surface area contributed by atoms with Gasteiger partial charge in [-0.3, -0.25) is 9.59 Å². The Labute approximate surface area is 165 Å². The van der Waals surface area contributed by atoms with Gasteiger partial charge in [0.05, 0.1) is 25.8 Å². The fourth-order valence-electron chi connectivity index (χ4n) is 2.75. The van der Waals surface area contributed by atoms with Gasteiger partial charge in [-0.05, 0) is 24.6 Å². The molecule has 1 aromatic carbocycles. The van der Waals surface area contributed by atoms with Crippen molar-refractivity contribution in [2.75, 3.05) is 26.7 Å². The lowest BCUT2D eigenvalue weighted by Gasteiger charge is -2.13. The standard InChI is InChI=1S/C20H27ClN4O2/c1-3-4-13-24(2)14-5-12-22-19(26)15-25-20(27)11-10-18(23-25)16-6-8-17(21)9-7-16/h6-11H,3-5,12-15H2,1-2H3,(H,22,26)/p+1. The average Bonchev–Trinajstić information content (AvgIpc) is 2.66. The summed E-state index contributed by atoms with van der Waals surface area (Å²) in [5.74, 6) is -0.205. The molecule has 1 aromatic heterocycles. The van der Waals surface area contributed by atoms with E-state index in [0.29, 0.717) is 17.3 Å². The number of halogens is 1. The summed E-state index contributed by atoms with van der Waals surface area (Å²) >= 11 is 5.90. The SMILES string of the molecule is CCCC[NH+](C)CCCNC(=O)Cn1nc(-c2ccc(Cl)cc2)ccc1=O. The summed E-state index contributed by atoms with van der Waals surface area (Å²) in [6, 6.07) is 10.3. The first kappa shape index (κ1) is 21.1. The minimum Gasteiger partial charge on any atom is -0.354 e. The molecule has 0 spiro atoms. The number of hydrogen-bond acceptors (Lipinski definition) is 3. The van der Waals surface area contributed by atoms with E-state index in [0.717, 1.165) is 25.1 Å². The van der Waals surface area contributed by atoms with Gasteiger partial charge >= 0.3 is 0 Å². The molecule has 1 amide bonds. The van der Waals surface area contributed by atoms with Crippen LogP contribution in [0, 0.1) is 0 Å². The lowest BCUT2D eigenvalue weighted by Crippen LogP contribution is -3.09. The van der Waals surface area contributed by atoms with Crippen LogP contribution in [-0.4, -0.2) is 42.4 Å². The summed E-state index contributed by atoms with van der Waals surface area (Å²) in [4.78, 5) is 25.6. The Balaban J connectivity index is 1.87. The van der Waals surface area contributed by atoms with Crippen LogP contribution in [0.2, 0.25) is 5.02 Å². The molecule has 7 heteroatoms. The van der Waals surface area contributed by atoms with E-state index in [9.17, 15) is 9.59 Å². The minimum absolute atomic E-state index is 0.0845. The van der Waals surface area contributed by atoms with E-state index in [1.807, 2.05) is 12.1 Å². The highest BCUT2D eigenvalue weighted by Gasteiger charge is 2.08. The third kappa shape index (κ3) is 7.15. The molecule has 0 saturated heterocycles. The fourth-order valence-corrected chi connectivity index (χ4v) is 2.88. The van der Waals surface area contributed by atoms with Crippen LogP contribution in [0.4, 0.5) is 0 Å². The first-order valence-corrected chi connectivity index (χ1v) is 9.79. The molecule has 0 bridgehead atoms. The van der Waals surface area contributed by atoms with Crippen LogP contribution < -0.4 is 15.8 Å². The van der Waals surface area contributed by atoms with Gasteiger partial charge in [-0.15, -0.1) is 0 Å². The van der Waals surface area contributed by atoms with Gasteiger partial charge < -0.3 is 10.2 Å². The Bertz CT molecular complexity index is 789. The number of unbranched alkanes of at least 4 members (excludes halogenated alkanes) is 1. The summed E-state index contributed by atoms with van der Waals surface area (Å²) in [6.45, 7) is 4.88. The molecule has 0 fully saturated rings. The molecule has 0 aliphatic carbocycles. The number of rotatable bonds is 10. The second kappa shape index (κ2) is 10.8. The van der Waals surface area contributed by atoms with E-state index in [1.165, 1.54) is 28.5 Å². The van der Waals surface area contributed by atoms with E-state index in [2.05, 4.69) is 24.4 Å². The van der Waals surface area contributed by atoms with Crippen molar-refractivity contribution in [2.45, 2.75) is 32.7 Å². The number of amides is 1. The minimum atomic E-state index is -0.299. The van der Waals surface area contributed by atoms with E-state index in [4.69, 9.17) is 11.6 Å². The van der Waals surface area contributed by atoms with Crippen LogP contribution in [0.3, 0.4) is 0 Å². The van der Waals surface area contributed by atoms with Crippen LogP contribution >= 0.6 is 11.6 Å². The molecular weight excluding hydrogens is 364 g/mol. The number of nitrogens with zero attached hydrogens (tertiary/aromatic N) is 2. The van der Waals surface area contributed by atoms with Crippen molar-refractivity contribution in [3.8, 4) is 11.3 Å². The molecule has 2 N–H and O–H groups in total. The molecule has 6 nitrogen and oxygen atoms in total. The van der Waals surface area contributed by atoms with Crippen LogP contribution in [0.1, 0.15) is 26.2 Å². The van der Waals surface area contributed by atoms with Crippen molar-refractivity contribution >= 4 is 17.5 Å². The largest absolute Gasteiger partial charge is 0.354 e. The number of carbonyl (C=O) groups excluding carboxylic acids is 1. The van der Waals surface area contributed by atoms with Crippen molar-refractivity contribution < 1.29 is 9.69 Å². The second-order valence-corrected chi connectivity index (χ2v) is 7.17. The summed E-state index contributed by atoms with van der Waals surface area (Å²) < 4.78 is 1.19. The maximum atomic E-state index is 12.1. The zero-order chi connectivity index (χ0) is 19.6. The number of quaternary nitrogens is 1. The third-order valence-electron chi connectivity index (χ3n) is 4.36. The van der Waals surface area contributed by atoms with Crippen LogP contribution in [0.25, 0.3) is 11.3 Å². The van der Waals surface area contributed by atoms with Crippen molar-refractivity contribution in [3.05, 3.63) is 51.8 Å². The lowest BCUT2D eigenvalue weighted by molar-refractivity contribution is -0.879. The average molecular weight is 392 g/mol. The normalized spacial score (nSPS) is 12.0. The molecule has 0 aliphatic rings. The van der Waals surface area contributed by atoms with E-state index in [1.54, 1.807) is 18.2 Å². The summed E-state index contributed by atoms with van der Waals surface area (Å²) in [6.07, 6.45) is 3.33. The first-order chi connectivity index (χ1) is 13.0. The Morgan fingerprint density at radius 3 is 2.56 bits per heavy atom. The second-order valence-electron chi connectivity index (χ2n) is 6.74. The Morgan fingerprint density at radius 1 is 1.15 bits per heavy atom. The molecular formula is C20H28ClN4O2+. The van der Waals surface area contributed by atoms with Crippen molar-refractivity contribution in [3.63, 3.8) is 0 Å². The number of nitrogens with one attached hydrogen (secondary N) is 2. The molecule has 2 aromatic rings. The highest BCUT2D eigenvalue weighted by atomic mass is 35.5. The summed E-state index contributed by atoms with van der Waals surface area (Å²) in [5, 5.41) is 7.80. The molecule has 0 aliphatic heterocycles. The number of benzene rings is 1. The maximum absolute atomic E-state index is 12.1. The maximum Gasteiger partial charge on any atom is 0.267 e. The van der Waals surface area contributed by atoms with Gasteiger partial charge in [0, 0.05) is 29.6 Å². The zero-order valence-electron chi connectivity index (χ0n) is 16.0. The highest BCUT2D eigenvalue weighted by Crippen LogP contribution is 2.18. The van der Waals surface area contributed by atoms with Gasteiger partial charge in [-0.2, -0.15) is 5.10 Å². The van der Waals surface area contributed by atoms with Crippen LogP contribution in [0.15, 0.2) is 41.2 Å². The Hall–Kier alpha value is -2.18. The van der Waals surface area contributed by atoms with E-state index >= 15 is 0 Å². The molecule has 2 rings (SSSR count). The van der Waals surface area contributed by atoms with Crippen LogP contribution in [0.5, 0.6) is 0 Å². The van der Waals surface area contributed by atoms with Crippen molar-refractivity contribution in [1.82, 2.24) is 15.1 Å². The molecule has 1 atom stereocenters. The lowest BCUT2D eigenvalue weighted by atomic mass is 10.1. The van der Waals surface area contributed by atoms with Gasteiger partial charge in [-0.25, -0.2) is 4.68 Å². The molecule has 1 unspecified atom stereocenters. The molecule has 27 heavy (non-hydrogen) atoms. The molecule has 0 radical (unpaired) electrons. The molecule has 0 saturated carbocycles. The van der Waals surface area contributed by atoms with Gasteiger partial charge in [0.25, 0.3) is 5.56 Å². The predicted molar refractivity (Wildman–Crippen MR) is 108 cm³/mol. The van der Waals surface area contributed by atoms with Gasteiger partial charge in [-0.1, -0.05) is 37.1 Å². The Kier molecular flexibility index (Phi) is 8.48. The summed E-state index contributed by atoms with van der Waals surface area (Å²) in [5.41, 5.74) is 1.17.